The number of methoxy groups -OCH3 is 2. The summed E-state index contributed by atoms with van der Waals surface area (Å²) >= 11 is 0. The number of aldehydes is 1. The van der Waals surface area contributed by atoms with Crippen molar-refractivity contribution >= 4 is 17.3 Å². The Labute approximate surface area is 206 Å². The molecule has 0 bridgehead atoms. The molecule has 0 saturated heterocycles. The summed E-state index contributed by atoms with van der Waals surface area (Å²) in [5, 5.41) is 0.889. The lowest BCUT2D eigenvalue weighted by molar-refractivity contribution is 0.112. The maximum atomic E-state index is 12.1. The second-order valence-electron chi connectivity index (χ2n) is 8.14. The molecule has 4 rings (SSSR count). The van der Waals surface area contributed by atoms with Crippen LogP contribution in [0.2, 0.25) is 0 Å². The molecule has 35 heavy (non-hydrogen) atoms. The second-order valence-corrected chi connectivity index (χ2v) is 8.14. The van der Waals surface area contributed by atoms with Crippen LogP contribution in [-0.4, -0.2) is 51.6 Å². The predicted octanol–water partition coefficient (Wildman–Crippen LogP) is 6.32. The lowest BCUT2D eigenvalue weighted by Crippen LogP contribution is -2.27. The van der Waals surface area contributed by atoms with Gasteiger partial charge in [0.2, 0.25) is 0 Å². The number of benzene rings is 3. The zero-order chi connectivity index (χ0) is 24.8. The van der Waals surface area contributed by atoms with Gasteiger partial charge in [0, 0.05) is 40.3 Å². The van der Waals surface area contributed by atoms with Gasteiger partial charge in [0.05, 0.1) is 14.2 Å². The third-order valence-corrected chi connectivity index (χ3v) is 6.24. The minimum absolute atomic E-state index is 0.564. The highest BCUT2D eigenvalue weighted by molar-refractivity contribution is 6.05. The van der Waals surface area contributed by atoms with E-state index in [9.17, 15) is 4.79 Å². The zero-order valence-electron chi connectivity index (χ0n) is 20.7. The summed E-state index contributed by atoms with van der Waals surface area (Å²) in [6, 6.07) is 18.9. The first-order chi connectivity index (χ1) is 17.1. The van der Waals surface area contributed by atoms with Gasteiger partial charge in [0.15, 0.2) is 6.29 Å². The van der Waals surface area contributed by atoms with Crippen molar-refractivity contribution in [1.29, 1.82) is 0 Å². The maximum Gasteiger partial charge on any atom is 0.150 e. The van der Waals surface area contributed by atoms with Gasteiger partial charge in [0.25, 0.3) is 0 Å². The van der Waals surface area contributed by atoms with E-state index in [2.05, 4.69) is 18.7 Å². The standard InChI is InChI=1S/C29H31NO5/c1-5-30(6-2)15-16-34-24-12-9-21(19-31)26(17-24)28-25-14-13-23(33-4)18-27(25)35-29(28)20-7-10-22(32-3)11-8-20/h7-14,17-19H,5-6,15-16H2,1-4H3. The monoisotopic (exact) mass is 473 g/mol. The van der Waals surface area contributed by atoms with Crippen LogP contribution in [0.5, 0.6) is 17.2 Å². The van der Waals surface area contributed by atoms with Crippen molar-refractivity contribution in [3.05, 3.63) is 66.2 Å². The van der Waals surface area contributed by atoms with Gasteiger partial charge in [-0.25, -0.2) is 0 Å². The molecular weight excluding hydrogens is 442 g/mol. The summed E-state index contributed by atoms with van der Waals surface area (Å²) in [5.41, 5.74) is 3.71. The fourth-order valence-corrected chi connectivity index (χ4v) is 4.19. The summed E-state index contributed by atoms with van der Waals surface area (Å²) in [4.78, 5) is 14.4. The first-order valence-corrected chi connectivity index (χ1v) is 11.8. The van der Waals surface area contributed by atoms with Gasteiger partial charge in [-0.2, -0.15) is 0 Å². The van der Waals surface area contributed by atoms with E-state index in [4.69, 9.17) is 18.6 Å². The summed E-state index contributed by atoms with van der Waals surface area (Å²) in [6.07, 6.45) is 0.870. The van der Waals surface area contributed by atoms with Crippen LogP contribution < -0.4 is 14.2 Å². The number of rotatable bonds is 11. The number of furan rings is 1. The van der Waals surface area contributed by atoms with Crippen molar-refractivity contribution in [2.45, 2.75) is 13.8 Å². The Balaban J connectivity index is 1.83. The lowest BCUT2D eigenvalue weighted by atomic mass is 9.94. The Hall–Kier alpha value is -3.77. The molecule has 6 nitrogen and oxygen atoms in total. The van der Waals surface area contributed by atoms with Gasteiger partial charge in [-0.15, -0.1) is 0 Å². The lowest BCUT2D eigenvalue weighted by Gasteiger charge is -2.18. The predicted molar refractivity (Wildman–Crippen MR) is 139 cm³/mol. The van der Waals surface area contributed by atoms with Crippen LogP contribution >= 0.6 is 0 Å². The highest BCUT2D eigenvalue weighted by Crippen LogP contribution is 2.44. The normalized spacial score (nSPS) is 11.1. The Morgan fingerprint density at radius 3 is 2.20 bits per heavy atom. The zero-order valence-corrected chi connectivity index (χ0v) is 20.7. The summed E-state index contributed by atoms with van der Waals surface area (Å²) in [7, 11) is 3.26. The van der Waals surface area contributed by atoms with Crippen LogP contribution in [0.3, 0.4) is 0 Å². The van der Waals surface area contributed by atoms with Crippen molar-refractivity contribution in [3.63, 3.8) is 0 Å². The van der Waals surface area contributed by atoms with Crippen LogP contribution in [-0.2, 0) is 0 Å². The molecule has 1 aromatic heterocycles. The molecule has 0 spiro atoms. The van der Waals surface area contributed by atoms with E-state index in [0.717, 1.165) is 53.7 Å². The third kappa shape index (κ3) is 5.17. The van der Waals surface area contributed by atoms with Crippen molar-refractivity contribution < 1.29 is 23.4 Å². The van der Waals surface area contributed by atoms with E-state index < -0.39 is 0 Å². The van der Waals surface area contributed by atoms with E-state index in [0.29, 0.717) is 35.0 Å². The van der Waals surface area contributed by atoms with E-state index in [1.165, 1.54) is 0 Å². The number of fused-ring (bicyclic) bond motifs is 1. The summed E-state index contributed by atoms with van der Waals surface area (Å²) in [6.45, 7) is 7.63. The molecule has 0 unspecified atom stereocenters. The van der Waals surface area contributed by atoms with Crippen molar-refractivity contribution in [1.82, 2.24) is 4.90 Å². The molecule has 1 heterocycles. The molecule has 0 N–H and O–H groups in total. The molecular formula is C29H31NO5. The first kappa shape index (κ1) is 24.4. The topological polar surface area (TPSA) is 61.1 Å². The molecule has 0 aliphatic carbocycles. The average Bonchev–Trinajstić information content (AvgIpc) is 3.29. The number of carbonyl (C=O) groups is 1. The Bertz CT molecular complexity index is 1290. The Morgan fingerprint density at radius 1 is 0.857 bits per heavy atom. The number of hydrogen-bond acceptors (Lipinski definition) is 6. The molecule has 0 radical (unpaired) electrons. The third-order valence-electron chi connectivity index (χ3n) is 6.24. The Morgan fingerprint density at radius 2 is 1.54 bits per heavy atom. The molecule has 4 aromatic rings. The molecule has 3 aromatic carbocycles. The highest BCUT2D eigenvalue weighted by Gasteiger charge is 2.21. The van der Waals surface area contributed by atoms with Crippen molar-refractivity contribution in [2.24, 2.45) is 0 Å². The summed E-state index contributed by atoms with van der Waals surface area (Å²) < 4.78 is 23.2. The van der Waals surface area contributed by atoms with Gasteiger partial charge in [-0.05, 0) is 67.7 Å². The number of nitrogens with zero attached hydrogens (tertiary/aromatic N) is 1. The minimum atomic E-state index is 0.564. The van der Waals surface area contributed by atoms with Crippen LogP contribution in [0.25, 0.3) is 33.4 Å². The largest absolute Gasteiger partial charge is 0.497 e. The molecule has 182 valence electrons. The van der Waals surface area contributed by atoms with Gasteiger partial charge < -0.3 is 23.5 Å². The van der Waals surface area contributed by atoms with Gasteiger partial charge >= 0.3 is 0 Å². The van der Waals surface area contributed by atoms with Gasteiger partial charge in [-0.1, -0.05) is 13.8 Å². The molecule has 0 fully saturated rings. The number of carbonyl (C=O) groups excluding carboxylic acids is 1. The van der Waals surface area contributed by atoms with Crippen molar-refractivity contribution in [2.75, 3.05) is 40.5 Å². The molecule has 0 atom stereocenters. The van der Waals surface area contributed by atoms with Crippen LogP contribution in [0.1, 0.15) is 24.2 Å². The fourth-order valence-electron chi connectivity index (χ4n) is 4.19. The Kier molecular flexibility index (Phi) is 7.73. The fraction of sp³-hybridized carbons (Fsp3) is 0.276. The maximum absolute atomic E-state index is 12.1. The first-order valence-electron chi connectivity index (χ1n) is 11.8. The quantitative estimate of drug-likeness (QED) is 0.238. The van der Waals surface area contributed by atoms with Crippen LogP contribution in [0.15, 0.2) is 65.1 Å². The second kappa shape index (κ2) is 11.1. The number of likely N-dealkylation sites (N-methyl/N-ethyl adjacent to an activating group) is 1. The molecule has 0 aliphatic rings. The van der Waals surface area contributed by atoms with Crippen LogP contribution in [0, 0.1) is 0 Å². The SMILES string of the molecule is CCN(CC)CCOc1ccc(C=O)c(-c2c(-c3ccc(OC)cc3)oc3cc(OC)ccc23)c1. The van der Waals surface area contributed by atoms with Gasteiger partial charge in [-0.3, -0.25) is 4.79 Å². The van der Waals surface area contributed by atoms with E-state index in [1.807, 2.05) is 54.6 Å². The average molecular weight is 474 g/mol. The van der Waals surface area contributed by atoms with E-state index in [-0.39, 0.29) is 0 Å². The van der Waals surface area contributed by atoms with Crippen molar-refractivity contribution in [3.8, 4) is 39.7 Å². The van der Waals surface area contributed by atoms with E-state index in [1.54, 1.807) is 20.3 Å². The van der Waals surface area contributed by atoms with E-state index >= 15 is 0 Å². The molecule has 0 amide bonds. The summed E-state index contributed by atoms with van der Waals surface area (Å²) in [5.74, 6) is 2.83. The van der Waals surface area contributed by atoms with Gasteiger partial charge in [0.1, 0.15) is 35.2 Å². The smallest absolute Gasteiger partial charge is 0.150 e. The minimum Gasteiger partial charge on any atom is -0.497 e. The number of hydrogen-bond donors (Lipinski definition) is 0. The molecule has 0 saturated carbocycles. The van der Waals surface area contributed by atoms with Crippen LogP contribution in [0.4, 0.5) is 0 Å². The highest BCUT2D eigenvalue weighted by atomic mass is 16.5. The molecule has 6 heteroatoms. The molecule has 0 aliphatic heterocycles. The number of ether oxygens (including phenoxy) is 3.